The van der Waals surface area contributed by atoms with Crippen LogP contribution >= 0.6 is 12.4 Å². The van der Waals surface area contributed by atoms with Crippen LogP contribution in [0.1, 0.15) is 36.0 Å². The number of hydrogen-bond acceptors (Lipinski definition) is 3. The van der Waals surface area contributed by atoms with Crippen molar-refractivity contribution in [3.05, 3.63) is 30.1 Å². The monoisotopic (exact) mass is 283 g/mol. The minimum atomic E-state index is -0.00132. The van der Waals surface area contributed by atoms with Gasteiger partial charge in [0.05, 0.1) is 0 Å². The van der Waals surface area contributed by atoms with E-state index in [1.807, 2.05) is 0 Å². The van der Waals surface area contributed by atoms with Crippen LogP contribution in [0.25, 0.3) is 0 Å². The molecule has 106 valence electrons. The molecule has 4 nitrogen and oxygen atoms in total. The van der Waals surface area contributed by atoms with Crippen molar-refractivity contribution in [3.8, 4) is 0 Å². The molecule has 0 bridgehead atoms. The van der Waals surface area contributed by atoms with Crippen molar-refractivity contribution in [2.45, 2.75) is 25.7 Å². The third kappa shape index (κ3) is 5.57. The van der Waals surface area contributed by atoms with Crippen LogP contribution in [-0.4, -0.2) is 42.0 Å². The Morgan fingerprint density at radius 3 is 2.58 bits per heavy atom. The zero-order valence-corrected chi connectivity index (χ0v) is 12.0. The van der Waals surface area contributed by atoms with Gasteiger partial charge in [0.15, 0.2) is 0 Å². The number of hydrogen-bond donors (Lipinski definition) is 1. The second kappa shape index (κ2) is 8.88. The van der Waals surface area contributed by atoms with Crippen molar-refractivity contribution in [3.63, 3.8) is 0 Å². The van der Waals surface area contributed by atoms with Crippen LogP contribution in [0.2, 0.25) is 0 Å². The lowest BCUT2D eigenvalue weighted by molar-refractivity contribution is 0.0952. The fourth-order valence-corrected chi connectivity index (χ4v) is 2.27. The number of nitrogens with zero attached hydrogens (tertiary/aromatic N) is 2. The predicted molar refractivity (Wildman–Crippen MR) is 78.7 cm³/mol. The smallest absolute Gasteiger partial charge is 0.251 e. The molecule has 1 aromatic heterocycles. The fraction of sp³-hybridized carbons (Fsp3) is 0.571. The SMILES string of the molecule is Cl.O=C(NCCCCN1CCCC1)c1ccncc1. The molecule has 1 aromatic rings. The van der Waals surface area contributed by atoms with Gasteiger partial charge in [0.2, 0.25) is 0 Å². The van der Waals surface area contributed by atoms with Gasteiger partial charge in [0, 0.05) is 24.5 Å². The Morgan fingerprint density at radius 1 is 1.21 bits per heavy atom. The summed E-state index contributed by atoms with van der Waals surface area (Å²) in [5.41, 5.74) is 0.685. The molecule has 1 aliphatic rings. The highest BCUT2D eigenvalue weighted by Gasteiger charge is 2.10. The molecule has 0 aliphatic carbocycles. The highest BCUT2D eigenvalue weighted by Crippen LogP contribution is 2.07. The maximum Gasteiger partial charge on any atom is 0.251 e. The lowest BCUT2D eigenvalue weighted by Crippen LogP contribution is -2.26. The molecule has 1 N–H and O–H groups in total. The molecule has 0 unspecified atom stereocenters. The van der Waals surface area contributed by atoms with Crippen molar-refractivity contribution in [1.29, 1.82) is 0 Å². The van der Waals surface area contributed by atoms with Gasteiger partial charge in [-0.1, -0.05) is 0 Å². The van der Waals surface area contributed by atoms with E-state index in [0.29, 0.717) is 5.56 Å². The predicted octanol–water partition coefficient (Wildman–Crippen LogP) is 2.11. The van der Waals surface area contributed by atoms with Crippen LogP contribution in [0.15, 0.2) is 24.5 Å². The Morgan fingerprint density at radius 2 is 1.89 bits per heavy atom. The first-order chi connectivity index (χ1) is 8.86. The molecule has 1 aliphatic heterocycles. The first-order valence-electron chi connectivity index (χ1n) is 6.77. The topological polar surface area (TPSA) is 45.2 Å². The van der Waals surface area contributed by atoms with Crippen molar-refractivity contribution in [2.24, 2.45) is 0 Å². The van der Waals surface area contributed by atoms with Crippen molar-refractivity contribution >= 4 is 18.3 Å². The lowest BCUT2D eigenvalue weighted by Gasteiger charge is -2.13. The van der Waals surface area contributed by atoms with Crippen LogP contribution in [0.5, 0.6) is 0 Å². The second-order valence-corrected chi connectivity index (χ2v) is 4.75. The molecule has 0 aromatic carbocycles. The first-order valence-corrected chi connectivity index (χ1v) is 6.77. The summed E-state index contributed by atoms with van der Waals surface area (Å²) < 4.78 is 0. The molecule has 0 spiro atoms. The molecule has 0 radical (unpaired) electrons. The number of pyridine rings is 1. The quantitative estimate of drug-likeness (QED) is 0.814. The van der Waals surface area contributed by atoms with E-state index in [1.165, 1.54) is 32.5 Å². The largest absolute Gasteiger partial charge is 0.352 e. The number of aromatic nitrogens is 1. The summed E-state index contributed by atoms with van der Waals surface area (Å²) in [6, 6.07) is 3.47. The van der Waals surface area contributed by atoms with Crippen LogP contribution in [-0.2, 0) is 0 Å². The number of carbonyl (C=O) groups is 1. The van der Waals surface area contributed by atoms with Gasteiger partial charge in [-0.3, -0.25) is 9.78 Å². The summed E-state index contributed by atoms with van der Waals surface area (Å²) in [6.07, 6.45) is 8.19. The number of amides is 1. The fourth-order valence-electron chi connectivity index (χ4n) is 2.27. The second-order valence-electron chi connectivity index (χ2n) is 4.75. The Labute approximate surface area is 121 Å². The third-order valence-corrected chi connectivity index (χ3v) is 3.33. The Kier molecular flexibility index (Phi) is 7.45. The van der Waals surface area contributed by atoms with Crippen LogP contribution in [0, 0.1) is 0 Å². The number of halogens is 1. The van der Waals surface area contributed by atoms with Gasteiger partial charge < -0.3 is 10.2 Å². The van der Waals surface area contributed by atoms with E-state index in [1.54, 1.807) is 24.5 Å². The van der Waals surface area contributed by atoms with Crippen LogP contribution < -0.4 is 5.32 Å². The van der Waals surface area contributed by atoms with Crippen molar-refractivity contribution in [2.75, 3.05) is 26.2 Å². The minimum Gasteiger partial charge on any atom is -0.352 e. The van der Waals surface area contributed by atoms with Gasteiger partial charge in [-0.15, -0.1) is 12.4 Å². The van der Waals surface area contributed by atoms with E-state index >= 15 is 0 Å². The summed E-state index contributed by atoms with van der Waals surface area (Å²) in [7, 11) is 0. The molecule has 19 heavy (non-hydrogen) atoms. The summed E-state index contributed by atoms with van der Waals surface area (Å²) in [5.74, 6) is -0.00132. The Balaban J connectivity index is 0.00000180. The van der Waals surface area contributed by atoms with E-state index in [-0.39, 0.29) is 18.3 Å². The standard InChI is InChI=1S/C14H21N3O.ClH/c18-14(13-5-8-15-9-6-13)16-7-1-2-10-17-11-3-4-12-17;/h5-6,8-9H,1-4,7,10-12H2,(H,16,18);1H. The summed E-state index contributed by atoms with van der Waals surface area (Å²) in [4.78, 5) is 18.1. The van der Waals surface area contributed by atoms with E-state index in [0.717, 1.165) is 19.4 Å². The maximum atomic E-state index is 11.7. The lowest BCUT2D eigenvalue weighted by atomic mass is 10.2. The van der Waals surface area contributed by atoms with Gasteiger partial charge in [-0.05, 0) is 57.5 Å². The number of likely N-dealkylation sites (tertiary alicyclic amines) is 1. The molecule has 0 saturated carbocycles. The molecule has 2 rings (SSSR count). The van der Waals surface area contributed by atoms with Crippen LogP contribution in [0.4, 0.5) is 0 Å². The normalized spacial score (nSPS) is 14.9. The molecule has 1 amide bonds. The van der Waals surface area contributed by atoms with Gasteiger partial charge in [0.25, 0.3) is 5.91 Å². The summed E-state index contributed by atoms with van der Waals surface area (Å²) >= 11 is 0. The third-order valence-electron chi connectivity index (χ3n) is 3.33. The van der Waals surface area contributed by atoms with Crippen LogP contribution in [0.3, 0.4) is 0 Å². The molecule has 2 heterocycles. The van der Waals surface area contributed by atoms with Crippen molar-refractivity contribution < 1.29 is 4.79 Å². The average molecular weight is 284 g/mol. The zero-order valence-electron chi connectivity index (χ0n) is 11.2. The minimum absolute atomic E-state index is 0. The number of nitrogens with one attached hydrogen (secondary N) is 1. The highest BCUT2D eigenvalue weighted by molar-refractivity contribution is 5.93. The summed E-state index contributed by atoms with van der Waals surface area (Å²) in [6.45, 7) is 4.44. The van der Waals surface area contributed by atoms with Gasteiger partial charge in [-0.25, -0.2) is 0 Å². The highest BCUT2D eigenvalue weighted by atomic mass is 35.5. The molecular formula is C14H22ClN3O. The average Bonchev–Trinajstić information content (AvgIpc) is 2.92. The Bertz CT molecular complexity index is 366. The molecule has 1 fully saturated rings. The van der Waals surface area contributed by atoms with Gasteiger partial charge in [-0.2, -0.15) is 0 Å². The zero-order chi connectivity index (χ0) is 12.6. The number of carbonyl (C=O) groups excluding carboxylic acids is 1. The van der Waals surface area contributed by atoms with E-state index < -0.39 is 0 Å². The molecule has 0 atom stereocenters. The Hall–Kier alpha value is -1.13. The summed E-state index contributed by atoms with van der Waals surface area (Å²) in [5, 5.41) is 2.94. The molecule has 5 heteroatoms. The van der Waals surface area contributed by atoms with E-state index in [4.69, 9.17) is 0 Å². The van der Waals surface area contributed by atoms with E-state index in [9.17, 15) is 4.79 Å². The van der Waals surface area contributed by atoms with Gasteiger partial charge >= 0.3 is 0 Å². The van der Waals surface area contributed by atoms with E-state index in [2.05, 4.69) is 15.2 Å². The van der Waals surface area contributed by atoms with Crippen molar-refractivity contribution in [1.82, 2.24) is 15.2 Å². The van der Waals surface area contributed by atoms with Gasteiger partial charge in [0.1, 0.15) is 0 Å². The number of rotatable bonds is 6. The first kappa shape index (κ1) is 15.9. The maximum absolute atomic E-state index is 11.7. The molecular weight excluding hydrogens is 262 g/mol. The molecule has 1 saturated heterocycles. The number of unbranched alkanes of at least 4 members (excludes halogenated alkanes) is 1.